The molecule has 0 radical (unpaired) electrons. The van der Waals surface area contributed by atoms with Crippen molar-refractivity contribution in [2.45, 2.75) is 0 Å². The van der Waals surface area contributed by atoms with Crippen molar-refractivity contribution >= 4 is 9.24 Å². The Balaban J connectivity index is 2.08. The summed E-state index contributed by atoms with van der Waals surface area (Å²) in [7, 11) is 2.74. The molecule has 1 fully saturated rings. The second-order valence-corrected chi connectivity index (χ2v) is 2.82. The summed E-state index contributed by atoms with van der Waals surface area (Å²) < 4.78 is 5.20. The van der Waals surface area contributed by atoms with Crippen LogP contribution in [0.25, 0.3) is 0 Å². The van der Waals surface area contributed by atoms with Crippen molar-refractivity contribution in [1.82, 2.24) is 4.90 Å². The van der Waals surface area contributed by atoms with E-state index in [9.17, 15) is 0 Å². The number of rotatable bonds is 2. The topological polar surface area (TPSA) is 12.5 Å². The monoisotopic (exact) mass is 147 g/mol. The third-order valence-electron chi connectivity index (χ3n) is 1.55. The molecule has 54 valence electrons. The van der Waals surface area contributed by atoms with Crippen LogP contribution < -0.4 is 0 Å². The first kappa shape index (κ1) is 7.46. The summed E-state index contributed by atoms with van der Waals surface area (Å²) in [6.07, 6.45) is 1.18. The molecule has 1 atom stereocenters. The van der Waals surface area contributed by atoms with Gasteiger partial charge < -0.3 is 4.74 Å². The van der Waals surface area contributed by atoms with Crippen molar-refractivity contribution in [1.29, 1.82) is 0 Å². The second-order valence-electron chi connectivity index (χ2n) is 2.24. The maximum absolute atomic E-state index is 5.20. The highest BCUT2D eigenvalue weighted by molar-refractivity contribution is 7.16. The predicted octanol–water partition coefficient (Wildman–Crippen LogP) is 0.194. The van der Waals surface area contributed by atoms with Crippen LogP contribution in [0.4, 0.5) is 0 Å². The summed E-state index contributed by atoms with van der Waals surface area (Å²) in [5.41, 5.74) is 0. The van der Waals surface area contributed by atoms with Gasteiger partial charge in [0.2, 0.25) is 0 Å². The Hall–Kier alpha value is 0.350. The molecule has 0 bridgehead atoms. The van der Waals surface area contributed by atoms with Gasteiger partial charge in [-0.05, 0) is 6.16 Å². The molecule has 1 aliphatic heterocycles. The fourth-order valence-electron chi connectivity index (χ4n) is 1.01. The molecule has 0 aromatic carbocycles. The lowest BCUT2D eigenvalue weighted by molar-refractivity contribution is 0.0410. The van der Waals surface area contributed by atoms with Crippen LogP contribution in [0.5, 0.6) is 0 Å². The normalized spacial score (nSPS) is 22.3. The lowest BCUT2D eigenvalue weighted by Gasteiger charge is -2.25. The van der Waals surface area contributed by atoms with Gasteiger partial charge in [-0.1, -0.05) is 0 Å². The molecular formula is C6H14NOP. The van der Waals surface area contributed by atoms with E-state index >= 15 is 0 Å². The van der Waals surface area contributed by atoms with Crippen LogP contribution >= 0.6 is 9.24 Å². The zero-order valence-electron chi connectivity index (χ0n) is 5.68. The Bertz CT molecular complexity index is 70.7. The minimum Gasteiger partial charge on any atom is -0.379 e. The van der Waals surface area contributed by atoms with Gasteiger partial charge in [-0.2, -0.15) is 0 Å². The zero-order valence-corrected chi connectivity index (χ0v) is 6.83. The van der Waals surface area contributed by atoms with E-state index in [1.165, 1.54) is 12.7 Å². The molecule has 0 saturated carbocycles. The molecule has 0 amide bonds. The van der Waals surface area contributed by atoms with E-state index in [1.54, 1.807) is 0 Å². The van der Waals surface area contributed by atoms with Gasteiger partial charge in [0, 0.05) is 19.6 Å². The fraction of sp³-hybridized carbons (Fsp3) is 1.00. The molecular weight excluding hydrogens is 133 g/mol. The molecule has 1 heterocycles. The summed E-state index contributed by atoms with van der Waals surface area (Å²) >= 11 is 0. The quantitative estimate of drug-likeness (QED) is 0.517. The van der Waals surface area contributed by atoms with Crippen LogP contribution in [0, 0.1) is 0 Å². The second kappa shape index (κ2) is 4.21. The van der Waals surface area contributed by atoms with Crippen LogP contribution in [-0.4, -0.2) is 43.9 Å². The van der Waals surface area contributed by atoms with Gasteiger partial charge in [-0.15, -0.1) is 9.24 Å². The van der Waals surface area contributed by atoms with Crippen LogP contribution in [-0.2, 0) is 4.74 Å². The number of ether oxygens (including phenoxy) is 1. The number of nitrogens with zero attached hydrogens (tertiary/aromatic N) is 1. The lowest BCUT2D eigenvalue weighted by Crippen LogP contribution is -2.37. The summed E-state index contributed by atoms with van der Waals surface area (Å²) in [6.45, 7) is 5.28. The third-order valence-corrected chi connectivity index (χ3v) is 1.81. The van der Waals surface area contributed by atoms with E-state index in [1.807, 2.05) is 0 Å². The summed E-state index contributed by atoms with van der Waals surface area (Å²) in [5.74, 6) is 0. The zero-order chi connectivity index (χ0) is 6.53. The SMILES string of the molecule is PCCN1CCOCC1. The summed E-state index contributed by atoms with van der Waals surface area (Å²) in [6, 6.07) is 0. The predicted molar refractivity (Wildman–Crippen MR) is 41.8 cm³/mol. The van der Waals surface area contributed by atoms with Gasteiger partial charge in [0.1, 0.15) is 0 Å². The van der Waals surface area contributed by atoms with E-state index in [0.717, 1.165) is 26.3 Å². The van der Waals surface area contributed by atoms with Gasteiger partial charge in [0.25, 0.3) is 0 Å². The molecule has 0 aromatic heterocycles. The highest BCUT2D eigenvalue weighted by Gasteiger charge is 2.07. The molecule has 9 heavy (non-hydrogen) atoms. The highest BCUT2D eigenvalue weighted by Crippen LogP contribution is 1.96. The maximum Gasteiger partial charge on any atom is 0.0594 e. The number of morpholine rings is 1. The molecule has 0 aromatic rings. The van der Waals surface area contributed by atoms with Crippen molar-refractivity contribution < 1.29 is 4.74 Å². The molecule has 0 aliphatic carbocycles. The van der Waals surface area contributed by atoms with Crippen LogP contribution in [0.2, 0.25) is 0 Å². The Labute approximate surface area is 58.8 Å². The van der Waals surface area contributed by atoms with E-state index in [0.29, 0.717) is 0 Å². The van der Waals surface area contributed by atoms with E-state index in [4.69, 9.17) is 4.74 Å². The van der Waals surface area contributed by atoms with Gasteiger partial charge in [-0.25, -0.2) is 0 Å². The van der Waals surface area contributed by atoms with Gasteiger partial charge in [0.15, 0.2) is 0 Å². The largest absolute Gasteiger partial charge is 0.379 e. The third kappa shape index (κ3) is 2.61. The number of hydrogen-bond donors (Lipinski definition) is 0. The molecule has 1 rings (SSSR count). The van der Waals surface area contributed by atoms with Crippen LogP contribution in [0.15, 0.2) is 0 Å². The van der Waals surface area contributed by atoms with E-state index in [-0.39, 0.29) is 0 Å². The molecule has 1 unspecified atom stereocenters. The first-order chi connectivity index (χ1) is 4.43. The molecule has 3 heteroatoms. The van der Waals surface area contributed by atoms with Crippen molar-refractivity contribution in [2.24, 2.45) is 0 Å². The van der Waals surface area contributed by atoms with Gasteiger partial charge >= 0.3 is 0 Å². The van der Waals surface area contributed by atoms with Crippen molar-refractivity contribution in [3.05, 3.63) is 0 Å². The fourth-order valence-corrected chi connectivity index (χ4v) is 1.37. The lowest BCUT2D eigenvalue weighted by atomic mass is 10.4. The van der Waals surface area contributed by atoms with Crippen LogP contribution in [0.1, 0.15) is 0 Å². The standard InChI is InChI=1S/C6H14NOP/c9-6-3-7-1-4-8-5-2-7/h1-6,9H2. The smallest absolute Gasteiger partial charge is 0.0594 e. The first-order valence-corrected chi connectivity index (χ1v) is 4.25. The average Bonchev–Trinajstić information content (AvgIpc) is 1.91. The summed E-state index contributed by atoms with van der Waals surface area (Å²) in [5, 5.41) is 0. The molecule has 1 saturated heterocycles. The molecule has 0 spiro atoms. The minimum atomic E-state index is 0.921. The molecule has 1 aliphatic rings. The van der Waals surface area contributed by atoms with E-state index < -0.39 is 0 Å². The first-order valence-electron chi connectivity index (χ1n) is 3.43. The van der Waals surface area contributed by atoms with Gasteiger partial charge in [0.05, 0.1) is 13.2 Å². The average molecular weight is 147 g/mol. The Morgan fingerprint density at radius 2 is 2.00 bits per heavy atom. The Morgan fingerprint density at radius 3 is 2.56 bits per heavy atom. The minimum absolute atomic E-state index is 0.921. The van der Waals surface area contributed by atoms with Crippen molar-refractivity contribution in [3.63, 3.8) is 0 Å². The number of hydrogen-bond acceptors (Lipinski definition) is 2. The molecule has 0 N–H and O–H groups in total. The van der Waals surface area contributed by atoms with Crippen molar-refractivity contribution in [2.75, 3.05) is 39.0 Å². The van der Waals surface area contributed by atoms with Crippen LogP contribution in [0.3, 0.4) is 0 Å². The van der Waals surface area contributed by atoms with Crippen molar-refractivity contribution in [3.8, 4) is 0 Å². The Morgan fingerprint density at radius 1 is 1.33 bits per heavy atom. The highest BCUT2D eigenvalue weighted by atomic mass is 31.0. The molecule has 2 nitrogen and oxygen atoms in total. The Kier molecular flexibility index (Phi) is 3.49. The van der Waals surface area contributed by atoms with Gasteiger partial charge in [-0.3, -0.25) is 4.90 Å². The maximum atomic E-state index is 5.20. The van der Waals surface area contributed by atoms with E-state index in [2.05, 4.69) is 14.1 Å². The summed E-state index contributed by atoms with van der Waals surface area (Å²) in [4.78, 5) is 2.43.